The summed E-state index contributed by atoms with van der Waals surface area (Å²) in [6.07, 6.45) is -5.07. The van der Waals surface area contributed by atoms with Gasteiger partial charge in [0.1, 0.15) is 42.9 Å². The highest BCUT2D eigenvalue weighted by Crippen LogP contribution is 2.62. The molecule has 2 aromatic rings. The van der Waals surface area contributed by atoms with Crippen molar-refractivity contribution in [3.8, 4) is 0 Å². The summed E-state index contributed by atoms with van der Waals surface area (Å²) in [5.74, 6) is -3.94. The van der Waals surface area contributed by atoms with Gasteiger partial charge < -0.3 is 58.7 Å². The maximum atomic E-state index is 16.1. The Hall–Kier alpha value is -3.32. The number of anilines is 1. The van der Waals surface area contributed by atoms with E-state index in [4.69, 9.17) is 59.3 Å². The van der Waals surface area contributed by atoms with Crippen LogP contribution >= 0.6 is 14.5 Å². The Morgan fingerprint density at radius 1 is 0.859 bits per heavy atom. The number of aromatic nitrogens is 4. The molecule has 2 aliphatic heterocycles. The number of halogens is 1. The van der Waals surface area contributed by atoms with Crippen molar-refractivity contribution >= 4 is 67.2 Å². The van der Waals surface area contributed by atoms with E-state index in [-0.39, 0.29) is 23.4 Å². The number of nitrogen functional groups attached to an aromatic ring is 1. The number of hydrogen-bond acceptors (Lipinski definition) is 21. The maximum absolute atomic E-state index is 16.1. The molecule has 12 atom stereocenters. The van der Waals surface area contributed by atoms with Crippen LogP contribution < -0.4 is 5.73 Å². The number of esters is 4. The van der Waals surface area contributed by atoms with Crippen molar-refractivity contribution in [2.24, 2.45) is 0 Å². The Balaban J connectivity index is 1.40. The summed E-state index contributed by atoms with van der Waals surface area (Å²) >= 11 is 4.90. The normalized spacial score (nSPS) is 27.0. The minimum Gasteiger partial charge on any atom is -0.462 e. The van der Waals surface area contributed by atoms with E-state index < -0.39 is 113 Å². The van der Waals surface area contributed by atoms with Crippen LogP contribution in [0.25, 0.3) is 11.2 Å². The lowest BCUT2D eigenvalue weighted by Gasteiger charge is -2.45. The maximum Gasteiger partial charge on any atom is 0.481 e. The lowest BCUT2D eigenvalue weighted by atomic mass is 9.95. The molecule has 4 rings (SSSR count). The summed E-state index contributed by atoms with van der Waals surface area (Å²) in [5, 5.41) is 21.5. The molecule has 5 unspecified atom stereocenters. The van der Waals surface area contributed by atoms with Crippen molar-refractivity contribution < 1.29 is 89.9 Å². The number of unbranched alkanes of at least 4 members (excludes halogenated alkanes) is 10. The Kier molecular flexibility index (Phi) is 20.8. The van der Waals surface area contributed by atoms with Gasteiger partial charge in [-0.25, -0.2) is 28.2 Å². The van der Waals surface area contributed by atoms with Gasteiger partial charge in [-0.05, 0) is 18.2 Å². The zero-order valence-corrected chi connectivity index (χ0v) is 38.5. The van der Waals surface area contributed by atoms with Gasteiger partial charge in [0.25, 0.3) is 0 Å². The van der Waals surface area contributed by atoms with Gasteiger partial charge in [-0.1, -0.05) is 71.1 Å². The van der Waals surface area contributed by atoms with Crippen molar-refractivity contribution in [3.63, 3.8) is 0 Å². The van der Waals surface area contributed by atoms with Crippen LogP contribution in [0.4, 0.5) is 10.2 Å². The highest BCUT2D eigenvalue weighted by atomic mass is 32.5. The SMILES string of the molecule is CCCCCCCCCCCCCC(=O)OC[C@H](F)C1O[C@@H](OP(=O)(O)OP(O)(=S)OC[C@H]2O[C@@H](n3cnc4c(N)ncnc43)C(O)[C@H]2O)[C@H](OC(C)=O)C(OC(C)=O)[C@@H]1OC(C)=O. The van der Waals surface area contributed by atoms with Crippen molar-refractivity contribution in [3.05, 3.63) is 12.7 Å². The number of nitrogens with zero attached hydrogens (tertiary/aromatic N) is 4. The van der Waals surface area contributed by atoms with Crippen molar-refractivity contribution in [2.45, 2.75) is 166 Å². The zero-order chi connectivity index (χ0) is 47.2. The first-order valence-corrected chi connectivity index (χ1v) is 24.9. The number of nitrogens with two attached hydrogens (primary N) is 1. The van der Waals surface area contributed by atoms with Crippen LogP contribution in [0.1, 0.15) is 111 Å². The average Bonchev–Trinajstić information content (AvgIpc) is 3.76. The van der Waals surface area contributed by atoms with E-state index in [0.29, 0.717) is 6.42 Å². The van der Waals surface area contributed by atoms with Gasteiger partial charge in [0.15, 0.2) is 42.2 Å². The summed E-state index contributed by atoms with van der Waals surface area (Å²) in [6.45, 7) is -1.82. The first kappa shape index (κ1) is 53.3. The van der Waals surface area contributed by atoms with Crippen LogP contribution in [-0.2, 0) is 77.3 Å². The topological polar surface area (TPSA) is 319 Å². The Morgan fingerprint density at radius 3 is 2.05 bits per heavy atom. The molecule has 64 heavy (non-hydrogen) atoms. The predicted octanol–water partition coefficient (Wildman–Crippen LogP) is 3.50. The molecule has 2 aliphatic rings. The number of hydrogen-bond donors (Lipinski definition) is 5. The molecule has 0 saturated carbocycles. The van der Waals surface area contributed by atoms with E-state index >= 15 is 4.39 Å². The number of aliphatic hydroxyl groups is 2. The summed E-state index contributed by atoms with van der Waals surface area (Å²) < 4.78 is 78.0. The first-order chi connectivity index (χ1) is 30.2. The second-order valence-corrected chi connectivity index (χ2v) is 19.6. The molecule has 0 radical (unpaired) electrons. The number of phosphoric acid groups is 1. The molecule has 0 aliphatic carbocycles. The molecule has 0 aromatic carbocycles. The zero-order valence-electron chi connectivity index (χ0n) is 35.9. The fourth-order valence-corrected chi connectivity index (χ4v) is 10.2. The average molecular weight is 974 g/mol. The molecule has 362 valence electrons. The third-order valence-electron chi connectivity index (χ3n) is 10.0. The van der Waals surface area contributed by atoms with Crippen LogP contribution in [0.2, 0.25) is 0 Å². The van der Waals surface area contributed by atoms with Gasteiger partial charge in [0.05, 0.1) is 12.9 Å². The molecule has 2 aromatic heterocycles. The van der Waals surface area contributed by atoms with E-state index in [1.54, 1.807) is 0 Å². The fraction of sp³-hybridized carbons (Fsp3) is 0.757. The Morgan fingerprint density at radius 2 is 1.44 bits per heavy atom. The Bertz CT molecular complexity index is 1970. The second-order valence-electron chi connectivity index (χ2n) is 15.2. The molecule has 4 heterocycles. The lowest BCUT2D eigenvalue weighted by molar-refractivity contribution is -0.296. The smallest absolute Gasteiger partial charge is 0.462 e. The molecule has 2 fully saturated rings. The number of ether oxygens (including phenoxy) is 6. The lowest BCUT2D eigenvalue weighted by Crippen LogP contribution is -2.64. The highest BCUT2D eigenvalue weighted by Gasteiger charge is 2.57. The number of fused-ring (bicyclic) bond motifs is 1. The quantitative estimate of drug-likeness (QED) is 0.0390. The predicted molar refractivity (Wildman–Crippen MR) is 222 cm³/mol. The van der Waals surface area contributed by atoms with Crippen LogP contribution in [-0.4, -0.2) is 132 Å². The van der Waals surface area contributed by atoms with Crippen LogP contribution in [0.5, 0.6) is 0 Å². The largest absolute Gasteiger partial charge is 0.481 e. The standard InChI is InChI=1S/C37H58FN5O18P2S/c1-5-6-7-8-9-10-11-12-13-14-15-16-26(47)53-17-24(38)30-31(55-21(2)44)32(56-22(3)45)33(57-23(4)46)37(59-30)60-62(50,51)61-63(52,64)54-18-25-28(48)29(49)36(58-25)43-20-42-27-34(39)40-19-41-35(27)43/h19-20,24-25,28-33,36-37,48-49H,5-18H2,1-4H3,(H,50,51)(H,52,64)(H2,39,40,41)/t24-,25+,28-,29?,30?,31+,32?,33+,36+,37-,63?/m0/s1. The number of rotatable bonds is 26. The highest BCUT2D eigenvalue weighted by molar-refractivity contribution is 8.08. The summed E-state index contributed by atoms with van der Waals surface area (Å²) in [4.78, 5) is 82.9. The van der Waals surface area contributed by atoms with Crippen LogP contribution in [0.3, 0.4) is 0 Å². The van der Waals surface area contributed by atoms with E-state index in [0.717, 1.165) is 59.2 Å². The third-order valence-corrected chi connectivity index (χ3v) is 13.5. The van der Waals surface area contributed by atoms with Crippen molar-refractivity contribution in [2.75, 3.05) is 18.9 Å². The van der Waals surface area contributed by atoms with Crippen molar-refractivity contribution in [1.29, 1.82) is 0 Å². The number of carbonyl (C=O) groups is 4. The molecule has 6 N–H and O–H groups in total. The number of carbonyl (C=O) groups excluding carboxylic acids is 4. The molecule has 0 bridgehead atoms. The van der Waals surface area contributed by atoms with Crippen LogP contribution in [0.15, 0.2) is 12.7 Å². The van der Waals surface area contributed by atoms with Crippen molar-refractivity contribution in [1.82, 2.24) is 19.5 Å². The molecular formula is C37H58FN5O18P2S. The minimum atomic E-state index is -5.76. The molecular weight excluding hydrogens is 915 g/mol. The molecule has 0 amide bonds. The number of aliphatic hydroxyl groups excluding tert-OH is 2. The number of phosphoric ester groups is 1. The van der Waals surface area contributed by atoms with Crippen LogP contribution in [0, 0.1) is 0 Å². The van der Waals surface area contributed by atoms with E-state index in [2.05, 4.69) is 21.9 Å². The molecule has 23 nitrogen and oxygen atoms in total. The summed E-state index contributed by atoms with van der Waals surface area (Å²) in [6, 6.07) is 0. The van der Waals surface area contributed by atoms with E-state index in [1.165, 1.54) is 43.0 Å². The summed E-state index contributed by atoms with van der Waals surface area (Å²) in [5.41, 5.74) is 6.13. The van der Waals surface area contributed by atoms with Gasteiger partial charge in [0, 0.05) is 27.2 Å². The van der Waals surface area contributed by atoms with E-state index in [9.17, 15) is 43.7 Å². The minimum absolute atomic E-state index is 0.0279. The number of imidazole rings is 1. The van der Waals surface area contributed by atoms with Gasteiger partial charge in [-0.15, -0.1) is 0 Å². The number of alkyl halides is 1. The fourth-order valence-electron chi connectivity index (χ4n) is 7.08. The van der Waals surface area contributed by atoms with E-state index in [1.807, 2.05) is 0 Å². The van der Waals surface area contributed by atoms with Gasteiger partial charge in [-0.3, -0.25) is 28.3 Å². The Labute approximate surface area is 373 Å². The second kappa shape index (κ2) is 25.0. The molecule has 0 spiro atoms. The summed E-state index contributed by atoms with van der Waals surface area (Å²) in [7, 11) is -5.76. The first-order valence-electron chi connectivity index (χ1n) is 20.8. The van der Waals surface area contributed by atoms with Gasteiger partial charge in [0.2, 0.25) is 6.29 Å². The third kappa shape index (κ3) is 15.9. The molecule has 27 heteroatoms. The molecule has 2 saturated heterocycles. The van der Waals surface area contributed by atoms with Gasteiger partial charge in [-0.2, -0.15) is 0 Å². The van der Waals surface area contributed by atoms with Gasteiger partial charge >= 0.3 is 38.4 Å². The monoisotopic (exact) mass is 973 g/mol.